The molecule has 2 aromatic rings. The fourth-order valence-corrected chi connectivity index (χ4v) is 4.00. The molecule has 6 nitrogen and oxygen atoms in total. The van der Waals surface area contributed by atoms with Crippen LogP contribution in [0, 0.1) is 17.6 Å². The van der Waals surface area contributed by atoms with Gasteiger partial charge in [0.05, 0.1) is 12.7 Å². The van der Waals surface area contributed by atoms with Crippen LogP contribution in [-0.2, 0) is 4.74 Å². The van der Waals surface area contributed by atoms with E-state index in [0.717, 1.165) is 12.8 Å². The van der Waals surface area contributed by atoms with Gasteiger partial charge < -0.3 is 19.5 Å². The van der Waals surface area contributed by atoms with Crippen molar-refractivity contribution in [2.75, 3.05) is 45.9 Å². The largest absolute Gasteiger partial charge is 0.491 e. The van der Waals surface area contributed by atoms with Gasteiger partial charge in [-0.2, -0.15) is 0 Å². The maximum absolute atomic E-state index is 13.3. The number of rotatable bonds is 10. The third kappa shape index (κ3) is 7.22. The van der Waals surface area contributed by atoms with Crippen molar-refractivity contribution in [1.82, 2.24) is 9.80 Å². The smallest absolute Gasteiger partial charge is 0.253 e. The van der Waals surface area contributed by atoms with Crippen LogP contribution < -0.4 is 4.74 Å². The fourth-order valence-electron chi connectivity index (χ4n) is 4.00. The number of ether oxygens (including phenoxy) is 2. The summed E-state index contributed by atoms with van der Waals surface area (Å²) < 4.78 is 37.7. The monoisotopic (exact) mass is 460 g/mol. The van der Waals surface area contributed by atoms with Crippen molar-refractivity contribution in [1.29, 1.82) is 0 Å². The van der Waals surface area contributed by atoms with E-state index in [2.05, 4.69) is 4.90 Å². The van der Waals surface area contributed by atoms with E-state index in [1.165, 1.54) is 48.5 Å². The normalized spacial score (nSPS) is 19.8. The average Bonchev–Trinajstić information content (AvgIpc) is 3.63. The number of amides is 1. The first kappa shape index (κ1) is 23.6. The Hall–Kier alpha value is -2.55. The first-order valence-electron chi connectivity index (χ1n) is 11.4. The maximum atomic E-state index is 13.3. The van der Waals surface area contributed by atoms with E-state index < -0.39 is 6.10 Å². The SMILES string of the molecule is O=C(c1ccc(F)cc1)N(CC1CC1)CC1CN(CC(O)COc2ccc(F)cc2)CCO1. The molecule has 8 heteroatoms. The Bertz CT molecular complexity index is 906. The number of nitrogens with zero attached hydrogens (tertiary/aromatic N) is 2. The maximum Gasteiger partial charge on any atom is 0.253 e. The highest BCUT2D eigenvalue weighted by Crippen LogP contribution is 2.30. The molecule has 2 unspecified atom stereocenters. The van der Waals surface area contributed by atoms with E-state index in [-0.39, 0.29) is 30.3 Å². The number of carbonyl (C=O) groups is 1. The van der Waals surface area contributed by atoms with Crippen molar-refractivity contribution in [3.8, 4) is 5.75 Å². The molecule has 1 N–H and O–H groups in total. The van der Waals surface area contributed by atoms with E-state index in [1.54, 1.807) is 0 Å². The molecule has 2 aliphatic rings. The van der Waals surface area contributed by atoms with Gasteiger partial charge in [-0.1, -0.05) is 0 Å². The van der Waals surface area contributed by atoms with Crippen molar-refractivity contribution in [3.63, 3.8) is 0 Å². The first-order valence-corrected chi connectivity index (χ1v) is 11.4. The van der Waals surface area contributed by atoms with Gasteiger partial charge in [-0.15, -0.1) is 0 Å². The lowest BCUT2D eigenvalue weighted by atomic mass is 10.1. The molecular formula is C25H30F2N2O4. The third-order valence-electron chi connectivity index (χ3n) is 5.93. The number of carbonyl (C=O) groups excluding carboxylic acids is 1. The number of aliphatic hydroxyl groups is 1. The molecule has 1 saturated heterocycles. The molecule has 178 valence electrons. The van der Waals surface area contributed by atoms with Crippen molar-refractivity contribution < 1.29 is 28.2 Å². The van der Waals surface area contributed by atoms with Crippen LogP contribution in [0.1, 0.15) is 23.2 Å². The van der Waals surface area contributed by atoms with Gasteiger partial charge in [0, 0.05) is 38.3 Å². The lowest BCUT2D eigenvalue weighted by molar-refractivity contribution is -0.0538. The van der Waals surface area contributed by atoms with Gasteiger partial charge in [0.15, 0.2) is 0 Å². The summed E-state index contributed by atoms with van der Waals surface area (Å²) in [7, 11) is 0. The van der Waals surface area contributed by atoms with Gasteiger partial charge in [0.2, 0.25) is 0 Å². The van der Waals surface area contributed by atoms with Crippen molar-refractivity contribution >= 4 is 5.91 Å². The van der Waals surface area contributed by atoms with E-state index in [4.69, 9.17) is 9.47 Å². The second kappa shape index (κ2) is 11.0. The molecule has 0 radical (unpaired) electrons. The molecular weight excluding hydrogens is 430 g/mol. The minimum atomic E-state index is -0.711. The predicted octanol–water partition coefficient (Wildman–Crippen LogP) is 2.96. The minimum Gasteiger partial charge on any atom is -0.491 e. The molecule has 1 aliphatic carbocycles. The number of benzene rings is 2. The predicted molar refractivity (Wildman–Crippen MR) is 119 cm³/mol. The Morgan fingerprint density at radius 1 is 1.09 bits per heavy atom. The van der Waals surface area contributed by atoms with Crippen LogP contribution in [0.15, 0.2) is 48.5 Å². The molecule has 1 saturated carbocycles. The van der Waals surface area contributed by atoms with E-state index in [9.17, 15) is 18.7 Å². The molecule has 2 fully saturated rings. The molecule has 4 rings (SSSR count). The summed E-state index contributed by atoms with van der Waals surface area (Å²) >= 11 is 0. The second-order valence-electron chi connectivity index (χ2n) is 8.83. The van der Waals surface area contributed by atoms with Crippen LogP contribution in [0.25, 0.3) is 0 Å². The standard InChI is InChI=1S/C25H30F2N2O4/c26-20-5-3-19(4-6-20)25(31)29(13-18-1-2-18)16-24-15-28(11-12-32-24)14-22(30)17-33-23-9-7-21(27)8-10-23/h3-10,18,22,24,30H,1-2,11-17H2. The Kier molecular flexibility index (Phi) is 7.90. The summed E-state index contributed by atoms with van der Waals surface area (Å²) in [4.78, 5) is 17.0. The summed E-state index contributed by atoms with van der Waals surface area (Å²) in [6.07, 6.45) is 1.35. The van der Waals surface area contributed by atoms with Crippen molar-refractivity contribution in [3.05, 3.63) is 65.7 Å². The summed E-state index contributed by atoms with van der Waals surface area (Å²) in [6.45, 7) is 3.41. The highest BCUT2D eigenvalue weighted by molar-refractivity contribution is 5.94. The number of aliphatic hydroxyl groups excluding tert-OH is 1. The number of morpholine rings is 1. The Morgan fingerprint density at radius 3 is 2.42 bits per heavy atom. The fraction of sp³-hybridized carbons (Fsp3) is 0.480. The van der Waals surface area contributed by atoms with Gasteiger partial charge in [0.1, 0.15) is 30.1 Å². The van der Waals surface area contributed by atoms with Crippen LogP contribution in [0.5, 0.6) is 5.75 Å². The number of hydrogen-bond acceptors (Lipinski definition) is 5. The highest BCUT2D eigenvalue weighted by atomic mass is 19.1. The van der Waals surface area contributed by atoms with Gasteiger partial charge >= 0.3 is 0 Å². The van der Waals surface area contributed by atoms with E-state index in [0.29, 0.717) is 56.6 Å². The van der Waals surface area contributed by atoms with Crippen LogP contribution in [0.4, 0.5) is 8.78 Å². The van der Waals surface area contributed by atoms with E-state index >= 15 is 0 Å². The Labute approximate surface area is 192 Å². The molecule has 1 heterocycles. The lowest BCUT2D eigenvalue weighted by Gasteiger charge is -2.36. The van der Waals surface area contributed by atoms with E-state index in [1.807, 2.05) is 4.90 Å². The van der Waals surface area contributed by atoms with Crippen LogP contribution >= 0.6 is 0 Å². The first-order chi connectivity index (χ1) is 16.0. The molecule has 0 bridgehead atoms. The zero-order valence-electron chi connectivity index (χ0n) is 18.5. The zero-order chi connectivity index (χ0) is 23.2. The van der Waals surface area contributed by atoms with Crippen LogP contribution in [0.2, 0.25) is 0 Å². The number of β-amino-alcohol motifs (C(OH)–C–C–N with tert-alkyl or cyclic N) is 1. The number of halogens is 2. The molecule has 0 spiro atoms. The second-order valence-corrected chi connectivity index (χ2v) is 8.83. The Balaban J connectivity index is 1.29. The molecule has 2 atom stereocenters. The molecule has 1 aliphatic heterocycles. The van der Waals surface area contributed by atoms with Gasteiger partial charge in [0.25, 0.3) is 5.91 Å². The lowest BCUT2D eigenvalue weighted by Crippen LogP contribution is -2.51. The molecule has 0 aromatic heterocycles. The highest BCUT2D eigenvalue weighted by Gasteiger charge is 2.31. The van der Waals surface area contributed by atoms with Crippen LogP contribution in [0.3, 0.4) is 0 Å². The molecule has 33 heavy (non-hydrogen) atoms. The Morgan fingerprint density at radius 2 is 1.76 bits per heavy atom. The summed E-state index contributed by atoms with van der Waals surface area (Å²) in [6, 6.07) is 11.3. The van der Waals surface area contributed by atoms with Crippen molar-refractivity contribution in [2.24, 2.45) is 5.92 Å². The summed E-state index contributed by atoms with van der Waals surface area (Å²) in [5.74, 6) is 0.199. The molecule has 2 aromatic carbocycles. The minimum absolute atomic E-state index is 0.102. The zero-order valence-corrected chi connectivity index (χ0v) is 18.5. The average molecular weight is 461 g/mol. The topological polar surface area (TPSA) is 62.2 Å². The summed E-state index contributed by atoms with van der Waals surface area (Å²) in [5, 5.41) is 10.4. The summed E-state index contributed by atoms with van der Waals surface area (Å²) in [5.41, 5.74) is 0.470. The molecule has 1 amide bonds. The quantitative estimate of drug-likeness (QED) is 0.591. The third-order valence-corrected chi connectivity index (χ3v) is 5.93. The van der Waals surface area contributed by atoms with Gasteiger partial charge in [-0.05, 0) is 67.3 Å². The number of hydrogen-bond donors (Lipinski definition) is 1. The van der Waals surface area contributed by atoms with Crippen LogP contribution in [-0.4, -0.2) is 79.0 Å². The van der Waals surface area contributed by atoms with Gasteiger partial charge in [-0.3, -0.25) is 9.69 Å². The van der Waals surface area contributed by atoms with Crippen molar-refractivity contribution in [2.45, 2.75) is 25.0 Å². The van der Waals surface area contributed by atoms with Gasteiger partial charge in [-0.25, -0.2) is 8.78 Å².